The van der Waals surface area contributed by atoms with E-state index < -0.39 is 39.5 Å². The molecule has 1 N–H and O–H groups in total. The summed E-state index contributed by atoms with van der Waals surface area (Å²) in [4.78, 5) is 85.8. The van der Waals surface area contributed by atoms with Crippen LogP contribution in [-0.2, 0) is 30.8 Å². The molecule has 68 heavy (non-hydrogen) atoms. The average molecular weight is 958 g/mol. The fourth-order valence-electron chi connectivity index (χ4n) is 10.4. The fourth-order valence-corrected chi connectivity index (χ4v) is 11.3. The van der Waals surface area contributed by atoms with Crippen LogP contribution in [0.5, 0.6) is 11.5 Å². The number of nitrogens with zero attached hydrogens (tertiary/aromatic N) is 4. The van der Waals surface area contributed by atoms with Gasteiger partial charge in [-0.2, -0.15) is 0 Å². The quantitative estimate of drug-likeness (QED) is 0.0880. The third kappa shape index (κ3) is 11.5. The Morgan fingerprint density at radius 3 is 2.25 bits per heavy atom. The molecule has 1 unspecified atom stereocenters. The number of rotatable bonds is 21. The predicted octanol–water partition coefficient (Wildman–Crippen LogP) is 6.74. The molecular weight excluding hydrogens is 894 g/mol. The van der Waals surface area contributed by atoms with Crippen LogP contribution < -0.4 is 14.8 Å². The van der Waals surface area contributed by atoms with Crippen molar-refractivity contribution in [3.63, 3.8) is 0 Å². The molecule has 0 saturated carbocycles. The number of methoxy groups -OCH3 is 1. The highest BCUT2D eigenvalue weighted by Gasteiger charge is 2.44. The van der Waals surface area contributed by atoms with E-state index in [0.29, 0.717) is 47.3 Å². The van der Waals surface area contributed by atoms with Gasteiger partial charge in [0, 0.05) is 37.2 Å². The van der Waals surface area contributed by atoms with Crippen molar-refractivity contribution in [2.75, 3.05) is 63.8 Å². The molecule has 0 aromatic heterocycles. The van der Waals surface area contributed by atoms with Crippen molar-refractivity contribution in [3.8, 4) is 11.5 Å². The molecule has 0 aliphatic carbocycles. The molecule has 3 aromatic carbocycles. The van der Waals surface area contributed by atoms with E-state index in [1.807, 2.05) is 6.07 Å². The van der Waals surface area contributed by atoms with Gasteiger partial charge in [0.15, 0.2) is 17.3 Å². The molecule has 7 rings (SSSR count). The van der Waals surface area contributed by atoms with E-state index in [1.165, 1.54) is 38.0 Å². The van der Waals surface area contributed by atoms with E-state index in [9.17, 15) is 37.2 Å². The monoisotopic (exact) mass is 957 g/mol. The summed E-state index contributed by atoms with van der Waals surface area (Å²) in [6, 6.07) is 11.2. The molecule has 4 amide bonds. The van der Waals surface area contributed by atoms with E-state index in [0.717, 1.165) is 88.0 Å². The Morgan fingerprint density at radius 1 is 0.853 bits per heavy atom. The van der Waals surface area contributed by atoms with Gasteiger partial charge in [-0.15, -0.1) is 0 Å². The minimum Gasteiger partial charge on any atom is -0.493 e. The number of hydrogen-bond donors (Lipinski definition) is 1. The molecule has 4 heterocycles. The number of carbonyl (C=O) groups excluding carboxylic acids is 6. The third-order valence-corrected chi connectivity index (χ3v) is 14.9. The number of anilines is 1. The topological polar surface area (TPSA) is 180 Å². The van der Waals surface area contributed by atoms with Crippen molar-refractivity contribution in [2.24, 2.45) is 0 Å². The minimum atomic E-state index is -3.68. The molecule has 2 fully saturated rings. The molecule has 2 saturated heterocycles. The zero-order valence-electron chi connectivity index (χ0n) is 39.8. The molecule has 366 valence electrons. The van der Waals surface area contributed by atoms with E-state index in [4.69, 9.17) is 9.47 Å². The molecular formula is C51H64FN5O10S. The summed E-state index contributed by atoms with van der Waals surface area (Å²) in [6.45, 7) is 9.84. The number of halogens is 1. The number of Topliss-reactive ketones (excluding diaryl/α,β-unsaturated/α-hetero) is 2. The molecule has 3 aromatic rings. The Labute approximate surface area is 398 Å². The van der Waals surface area contributed by atoms with Crippen LogP contribution in [-0.4, -0.2) is 134 Å². The normalized spacial score (nSPS) is 18.1. The molecule has 2 atom stereocenters. The first-order valence-electron chi connectivity index (χ1n) is 23.9. The van der Waals surface area contributed by atoms with Gasteiger partial charge >= 0.3 is 0 Å². The van der Waals surface area contributed by atoms with Crippen LogP contribution in [0.15, 0.2) is 48.5 Å². The Kier molecular flexibility index (Phi) is 16.2. The van der Waals surface area contributed by atoms with Crippen molar-refractivity contribution in [1.82, 2.24) is 19.6 Å². The second kappa shape index (κ2) is 21.8. The van der Waals surface area contributed by atoms with Gasteiger partial charge in [0.25, 0.3) is 17.7 Å². The number of sulfone groups is 1. The Balaban J connectivity index is 0.846. The number of carbonyl (C=O) groups is 6. The van der Waals surface area contributed by atoms with Crippen LogP contribution in [0.1, 0.15) is 145 Å². The first-order valence-corrected chi connectivity index (χ1v) is 25.9. The van der Waals surface area contributed by atoms with Gasteiger partial charge in [0.2, 0.25) is 5.91 Å². The number of unbranched alkanes of at least 4 members (excludes halogenated alkanes) is 2. The van der Waals surface area contributed by atoms with Crippen molar-refractivity contribution in [2.45, 2.75) is 116 Å². The summed E-state index contributed by atoms with van der Waals surface area (Å²) in [5.41, 5.74) is 2.37. The summed E-state index contributed by atoms with van der Waals surface area (Å²) < 4.78 is 52.0. The maximum atomic E-state index is 15.6. The van der Waals surface area contributed by atoms with Crippen LogP contribution in [0.4, 0.5) is 10.1 Å². The number of hydrogen-bond acceptors (Lipinski definition) is 12. The van der Waals surface area contributed by atoms with Crippen LogP contribution in [0.2, 0.25) is 0 Å². The number of ketones is 2. The number of amides is 4. The Hall–Kier alpha value is -5.52. The van der Waals surface area contributed by atoms with Gasteiger partial charge in [0.1, 0.15) is 21.4 Å². The van der Waals surface area contributed by atoms with Crippen molar-refractivity contribution in [3.05, 3.63) is 87.7 Å². The van der Waals surface area contributed by atoms with E-state index in [2.05, 4.69) is 15.1 Å². The summed E-state index contributed by atoms with van der Waals surface area (Å²) >= 11 is 0. The number of ether oxygens (including phenoxy) is 2. The van der Waals surface area contributed by atoms with Crippen LogP contribution >= 0.6 is 0 Å². The summed E-state index contributed by atoms with van der Waals surface area (Å²) in [7, 11) is -2.21. The Morgan fingerprint density at radius 2 is 1.59 bits per heavy atom. The fraction of sp³-hybridized carbons (Fsp3) is 0.529. The van der Waals surface area contributed by atoms with E-state index in [1.54, 1.807) is 37.3 Å². The summed E-state index contributed by atoms with van der Waals surface area (Å²) in [5, 5.41) is 2.84. The zero-order valence-corrected chi connectivity index (χ0v) is 40.6. The van der Waals surface area contributed by atoms with Gasteiger partial charge < -0.3 is 34.3 Å². The van der Waals surface area contributed by atoms with Gasteiger partial charge in [-0.3, -0.25) is 28.9 Å². The lowest BCUT2D eigenvalue weighted by molar-refractivity contribution is -0.122. The van der Waals surface area contributed by atoms with Crippen molar-refractivity contribution >= 4 is 50.7 Å². The highest BCUT2D eigenvalue weighted by molar-refractivity contribution is 7.90. The molecule has 4 aliphatic heterocycles. The van der Waals surface area contributed by atoms with E-state index in [-0.39, 0.29) is 77.7 Å². The van der Waals surface area contributed by atoms with Crippen molar-refractivity contribution in [1.29, 1.82) is 0 Å². The third-order valence-electron chi connectivity index (χ3n) is 14.0. The molecule has 15 nitrogen and oxygen atoms in total. The Bertz CT molecular complexity index is 2540. The number of piperidine rings is 2. The molecule has 0 bridgehead atoms. The van der Waals surface area contributed by atoms with Crippen LogP contribution in [0, 0.1) is 5.82 Å². The standard InChI is InChI=1S/C51H64FN5O10S/c1-6-67-46-28-35(15-17-45(46)66-4)44(31-68(5,64)65)57-50(62)38-11-10-12-42(48(38)51(57)63)53-47(60)13-8-7-9-22-54-23-20-37(21-24-54)55-25-18-34(19-26-55)39-27-36-30-56(49(61)40(36)29-41(39)52)43(33(3)59)16-14-32(2)58/h10-12,15,17,27-29,34,37,43-44H,6-9,13-14,16,18-26,30-31H2,1-5H3,(H,53,60)/t43?,44-/m1/s1. The minimum absolute atomic E-state index is 0.0272. The van der Waals surface area contributed by atoms with Gasteiger partial charge in [-0.25, -0.2) is 12.8 Å². The lowest BCUT2D eigenvalue weighted by Gasteiger charge is -2.42. The zero-order chi connectivity index (χ0) is 48.9. The highest BCUT2D eigenvalue weighted by Crippen LogP contribution is 2.40. The largest absolute Gasteiger partial charge is 0.493 e. The van der Waals surface area contributed by atoms with Crippen LogP contribution in [0.3, 0.4) is 0 Å². The maximum absolute atomic E-state index is 15.6. The summed E-state index contributed by atoms with van der Waals surface area (Å²) in [6.07, 6.45) is 7.87. The molecule has 0 spiro atoms. The number of likely N-dealkylation sites (tertiary alicyclic amines) is 2. The van der Waals surface area contributed by atoms with E-state index >= 15 is 4.39 Å². The second-order valence-corrected chi connectivity index (χ2v) is 20.9. The van der Waals surface area contributed by atoms with Gasteiger partial charge in [-0.1, -0.05) is 24.6 Å². The first-order chi connectivity index (χ1) is 32.5. The van der Waals surface area contributed by atoms with Crippen molar-refractivity contribution < 1.29 is 51.0 Å². The summed E-state index contributed by atoms with van der Waals surface area (Å²) in [5.74, 6) is -2.30. The van der Waals surface area contributed by atoms with Gasteiger partial charge in [-0.05, 0) is 151 Å². The number of fused-ring (bicyclic) bond motifs is 2. The van der Waals surface area contributed by atoms with Gasteiger partial charge in [0.05, 0.1) is 48.4 Å². The first kappa shape index (κ1) is 50.4. The average Bonchev–Trinajstić information content (AvgIpc) is 3.75. The van der Waals surface area contributed by atoms with Crippen LogP contribution in [0.25, 0.3) is 0 Å². The second-order valence-electron chi connectivity index (χ2n) is 18.7. The molecule has 17 heteroatoms. The number of imide groups is 1. The number of nitrogens with one attached hydrogen (secondary N) is 1. The smallest absolute Gasteiger partial charge is 0.264 e. The number of benzene rings is 3. The lowest BCUT2D eigenvalue weighted by atomic mass is 9.86. The predicted molar refractivity (Wildman–Crippen MR) is 254 cm³/mol. The lowest BCUT2D eigenvalue weighted by Crippen LogP contribution is -2.47. The highest BCUT2D eigenvalue weighted by atomic mass is 32.2. The molecule has 4 aliphatic rings. The maximum Gasteiger partial charge on any atom is 0.264 e. The molecule has 0 radical (unpaired) electrons. The SMILES string of the molecule is CCOc1cc([C@@H](CS(C)(=O)=O)N2C(=O)c3cccc(NC(=O)CCCCCN4CCC(N5CCC(c6cc7c(cc6F)C(=O)N(C(CCC(C)=O)C(C)=O)C7)CC5)CC4)c3C2=O)ccc1OC.